The van der Waals surface area contributed by atoms with Crippen molar-refractivity contribution < 1.29 is 29.2 Å². The fraction of sp³-hybridized carbons (Fsp3) is 0.500. The summed E-state index contributed by atoms with van der Waals surface area (Å²) in [6.45, 7) is 3.73. The van der Waals surface area contributed by atoms with Gasteiger partial charge in [-0.05, 0) is 19.1 Å². The second kappa shape index (κ2) is 6.15. The van der Waals surface area contributed by atoms with E-state index in [1.807, 2.05) is 24.3 Å². The number of ether oxygens (including phenoxy) is 2. The van der Waals surface area contributed by atoms with Gasteiger partial charge in [-0.1, -0.05) is 12.1 Å². The van der Waals surface area contributed by atoms with Gasteiger partial charge in [-0.2, -0.15) is 0 Å². The zero-order valence-corrected chi connectivity index (χ0v) is 14.8. The number of quaternary nitrogens is 1. The SMILES string of the molecule is CCN1C(=O)[C@H]2[C@@H](C1=O)[C@](C)(C(=O)OC)[NH2+][C@H]2c1ccccc1OC. The molecule has 2 aliphatic heterocycles. The largest absolute Gasteiger partial charge is 0.496 e. The molecule has 3 rings (SSSR count). The summed E-state index contributed by atoms with van der Waals surface area (Å²) >= 11 is 0. The smallest absolute Gasteiger partial charge is 0.368 e. The van der Waals surface area contributed by atoms with Gasteiger partial charge in [0.1, 0.15) is 23.6 Å². The molecule has 2 aliphatic rings. The molecule has 2 N–H and O–H groups in total. The van der Waals surface area contributed by atoms with E-state index >= 15 is 0 Å². The van der Waals surface area contributed by atoms with Gasteiger partial charge >= 0.3 is 5.97 Å². The Morgan fingerprint density at radius 1 is 1.24 bits per heavy atom. The van der Waals surface area contributed by atoms with Gasteiger partial charge in [0, 0.05) is 13.5 Å². The molecule has 0 spiro atoms. The Balaban J connectivity index is 2.14. The van der Waals surface area contributed by atoms with Crippen molar-refractivity contribution in [2.45, 2.75) is 25.4 Å². The maximum atomic E-state index is 12.9. The summed E-state index contributed by atoms with van der Waals surface area (Å²) in [5.41, 5.74) is -0.353. The Bertz CT molecular complexity index is 734. The van der Waals surface area contributed by atoms with Crippen molar-refractivity contribution in [1.82, 2.24) is 4.90 Å². The van der Waals surface area contributed by atoms with E-state index in [2.05, 4.69) is 0 Å². The standard InChI is InChI=1S/C18H22N2O5/c1-5-20-15(21)12-13(16(20)22)18(2,17(23)25-4)19-14(12)10-8-6-7-9-11(10)24-3/h6-9,12-14,19H,5H2,1-4H3/p+1/t12-,13-,14-,18+/m0/s1. The van der Waals surface area contributed by atoms with Crippen molar-refractivity contribution in [3.63, 3.8) is 0 Å². The molecule has 25 heavy (non-hydrogen) atoms. The molecule has 2 fully saturated rings. The number of nitrogens with two attached hydrogens (primary N) is 1. The van der Waals surface area contributed by atoms with E-state index in [-0.39, 0.29) is 11.8 Å². The number of methoxy groups -OCH3 is 2. The average molecular weight is 347 g/mol. The van der Waals surface area contributed by atoms with Crippen LogP contribution in [0.2, 0.25) is 0 Å². The predicted molar refractivity (Wildman–Crippen MR) is 87.5 cm³/mol. The third-order valence-corrected chi connectivity index (χ3v) is 5.44. The van der Waals surface area contributed by atoms with E-state index in [1.54, 1.807) is 26.3 Å². The van der Waals surface area contributed by atoms with Gasteiger partial charge < -0.3 is 14.8 Å². The lowest BCUT2D eigenvalue weighted by Gasteiger charge is -2.25. The number of benzene rings is 1. The van der Waals surface area contributed by atoms with Crippen molar-refractivity contribution in [1.29, 1.82) is 0 Å². The maximum absolute atomic E-state index is 12.9. The molecule has 0 unspecified atom stereocenters. The third-order valence-electron chi connectivity index (χ3n) is 5.44. The molecule has 4 atom stereocenters. The molecule has 0 saturated carbocycles. The number of imide groups is 1. The Morgan fingerprint density at radius 3 is 2.52 bits per heavy atom. The zero-order chi connectivity index (χ0) is 18.4. The second-order valence-corrected chi connectivity index (χ2v) is 6.63. The number of hydrogen-bond donors (Lipinski definition) is 1. The Kier molecular flexibility index (Phi) is 4.28. The highest BCUT2D eigenvalue weighted by atomic mass is 16.5. The molecule has 0 radical (unpaired) electrons. The first kappa shape index (κ1) is 17.4. The highest BCUT2D eigenvalue weighted by Crippen LogP contribution is 2.45. The Labute approximate surface area is 146 Å². The van der Waals surface area contributed by atoms with Crippen molar-refractivity contribution in [3.05, 3.63) is 29.8 Å². The highest BCUT2D eigenvalue weighted by Gasteiger charge is 2.70. The molecular weight excluding hydrogens is 324 g/mol. The summed E-state index contributed by atoms with van der Waals surface area (Å²) in [5.74, 6) is -1.78. The number of para-hydroxylation sites is 1. The molecule has 2 heterocycles. The summed E-state index contributed by atoms with van der Waals surface area (Å²) in [4.78, 5) is 39.5. The lowest BCUT2D eigenvalue weighted by Crippen LogP contribution is -2.97. The van der Waals surface area contributed by atoms with Crippen LogP contribution in [0.1, 0.15) is 25.5 Å². The van der Waals surface area contributed by atoms with Crippen LogP contribution < -0.4 is 10.1 Å². The van der Waals surface area contributed by atoms with E-state index in [0.29, 0.717) is 12.3 Å². The van der Waals surface area contributed by atoms with E-state index in [0.717, 1.165) is 5.56 Å². The minimum atomic E-state index is -1.15. The summed E-state index contributed by atoms with van der Waals surface area (Å²) in [6.07, 6.45) is 0. The second-order valence-electron chi connectivity index (χ2n) is 6.63. The number of carbonyl (C=O) groups excluding carboxylic acids is 3. The van der Waals surface area contributed by atoms with Crippen LogP contribution in [-0.2, 0) is 19.1 Å². The van der Waals surface area contributed by atoms with Gasteiger partial charge in [-0.3, -0.25) is 14.5 Å². The molecule has 2 saturated heterocycles. The van der Waals surface area contributed by atoms with Crippen molar-refractivity contribution in [2.24, 2.45) is 11.8 Å². The molecule has 2 amide bonds. The minimum absolute atomic E-state index is 0.239. The van der Waals surface area contributed by atoms with Crippen molar-refractivity contribution >= 4 is 17.8 Å². The minimum Gasteiger partial charge on any atom is -0.496 e. The number of amides is 2. The fourth-order valence-corrected chi connectivity index (χ4v) is 4.28. The third kappa shape index (κ3) is 2.33. The Morgan fingerprint density at radius 2 is 1.92 bits per heavy atom. The van der Waals surface area contributed by atoms with Crippen LogP contribution >= 0.6 is 0 Å². The zero-order valence-electron chi connectivity index (χ0n) is 14.8. The molecule has 0 aliphatic carbocycles. The van der Waals surface area contributed by atoms with E-state index in [9.17, 15) is 14.4 Å². The van der Waals surface area contributed by atoms with Gasteiger partial charge in [0.2, 0.25) is 17.4 Å². The molecule has 1 aromatic rings. The normalized spacial score (nSPS) is 31.2. The highest BCUT2D eigenvalue weighted by molar-refractivity contribution is 6.08. The van der Waals surface area contributed by atoms with Gasteiger partial charge in [0.25, 0.3) is 0 Å². The number of carbonyl (C=O) groups is 3. The fourth-order valence-electron chi connectivity index (χ4n) is 4.28. The molecule has 7 heteroatoms. The topological polar surface area (TPSA) is 89.5 Å². The summed E-state index contributed by atoms with van der Waals surface area (Å²) < 4.78 is 10.4. The van der Waals surface area contributed by atoms with Gasteiger partial charge in [-0.15, -0.1) is 0 Å². The van der Waals surface area contributed by atoms with Crippen LogP contribution in [0.5, 0.6) is 5.75 Å². The molecule has 7 nitrogen and oxygen atoms in total. The summed E-state index contributed by atoms with van der Waals surface area (Å²) in [7, 11) is 2.86. The number of rotatable bonds is 4. The lowest BCUT2D eigenvalue weighted by atomic mass is 9.80. The molecule has 0 bridgehead atoms. The monoisotopic (exact) mass is 347 g/mol. The van der Waals surface area contributed by atoms with Crippen LogP contribution in [-0.4, -0.2) is 49.0 Å². The summed E-state index contributed by atoms with van der Waals surface area (Å²) in [5, 5.41) is 1.79. The van der Waals surface area contributed by atoms with Crippen LogP contribution in [0.15, 0.2) is 24.3 Å². The van der Waals surface area contributed by atoms with E-state index in [1.165, 1.54) is 12.0 Å². The Hall–Kier alpha value is -2.41. The number of fused-ring (bicyclic) bond motifs is 1. The van der Waals surface area contributed by atoms with Gasteiger partial charge in [0.15, 0.2) is 0 Å². The van der Waals surface area contributed by atoms with E-state index < -0.39 is 29.4 Å². The predicted octanol–water partition coefficient (Wildman–Crippen LogP) is -0.134. The average Bonchev–Trinajstić information content (AvgIpc) is 3.08. The van der Waals surface area contributed by atoms with Gasteiger partial charge in [-0.25, -0.2) is 4.79 Å². The number of hydrogen-bond acceptors (Lipinski definition) is 5. The van der Waals surface area contributed by atoms with Crippen LogP contribution in [0.25, 0.3) is 0 Å². The number of likely N-dealkylation sites (tertiary alicyclic amines) is 1. The van der Waals surface area contributed by atoms with Crippen LogP contribution in [0.4, 0.5) is 0 Å². The number of esters is 1. The number of nitrogens with zero attached hydrogens (tertiary/aromatic N) is 1. The molecule has 0 aromatic heterocycles. The van der Waals surface area contributed by atoms with Crippen LogP contribution in [0, 0.1) is 11.8 Å². The first-order valence-corrected chi connectivity index (χ1v) is 8.33. The molecular formula is C18H23N2O5+. The van der Waals surface area contributed by atoms with E-state index in [4.69, 9.17) is 9.47 Å². The summed E-state index contributed by atoms with van der Waals surface area (Å²) in [6, 6.07) is 6.98. The van der Waals surface area contributed by atoms with Crippen LogP contribution in [0.3, 0.4) is 0 Å². The first-order chi connectivity index (χ1) is 11.9. The first-order valence-electron chi connectivity index (χ1n) is 8.33. The van der Waals surface area contributed by atoms with Crippen molar-refractivity contribution in [2.75, 3.05) is 20.8 Å². The van der Waals surface area contributed by atoms with Crippen molar-refractivity contribution in [3.8, 4) is 5.75 Å². The lowest BCUT2D eigenvalue weighted by molar-refractivity contribution is -0.731. The maximum Gasteiger partial charge on any atom is 0.368 e. The molecule has 1 aromatic carbocycles. The van der Waals surface area contributed by atoms with Gasteiger partial charge in [0.05, 0.1) is 19.8 Å². The molecule has 134 valence electrons. The quantitative estimate of drug-likeness (QED) is 0.605.